The highest BCUT2D eigenvalue weighted by Crippen LogP contribution is 2.26. The minimum Gasteiger partial charge on any atom is -0.444 e. The second-order valence-corrected chi connectivity index (χ2v) is 10.1. The van der Waals surface area contributed by atoms with E-state index in [1.165, 1.54) is 12.1 Å². The van der Waals surface area contributed by atoms with Gasteiger partial charge in [0.25, 0.3) is 0 Å². The van der Waals surface area contributed by atoms with Crippen LogP contribution in [0.5, 0.6) is 0 Å². The number of piperazine rings is 1. The first-order valence-corrected chi connectivity index (χ1v) is 10.8. The molecule has 6 nitrogen and oxygen atoms in total. The number of rotatable bonds is 4. The van der Waals surface area contributed by atoms with Crippen molar-refractivity contribution in [3.8, 4) is 0 Å². The fraction of sp³-hybridized carbons (Fsp3) is 0.588. The molecule has 0 aliphatic carbocycles. The Labute approximate surface area is 164 Å². The third kappa shape index (κ3) is 6.01. The van der Waals surface area contributed by atoms with Crippen molar-refractivity contribution in [2.75, 3.05) is 38.5 Å². The summed E-state index contributed by atoms with van der Waals surface area (Å²) in [7, 11) is -3.53. The van der Waals surface area contributed by atoms with Gasteiger partial charge in [-0.25, -0.2) is 13.2 Å². The minimum atomic E-state index is -3.53. The van der Waals surface area contributed by atoms with Crippen molar-refractivity contribution in [1.29, 1.82) is 0 Å². The molecule has 0 aromatic heterocycles. The van der Waals surface area contributed by atoms with Gasteiger partial charge in [0.15, 0.2) is 9.84 Å². The zero-order valence-electron chi connectivity index (χ0n) is 15.2. The van der Waals surface area contributed by atoms with Crippen molar-refractivity contribution in [2.45, 2.75) is 31.3 Å². The van der Waals surface area contributed by atoms with Crippen LogP contribution in [-0.2, 0) is 14.6 Å². The lowest BCUT2D eigenvalue weighted by atomic mass is 10.2. The Balaban J connectivity index is 1.88. The van der Waals surface area contributed by atoms with Crippen LogP contribution in [0.15, 0.2) is 23.1 Å². The van der Waals surface area contributed by atoms with Crippen LogP contribution >= 0.6 is 23.2 Å². The maximum Gasteiger partial charge on any atom is 0.410 e. The lowest BCUT2D eigenvalue weighted by Crippen LogP contribution is -2.50. The van der Waals surface area contributed by atoms with Crippen LogP contribution in [0.1, 0.15) is 20.8 Å². The molecule has 1 aliphatic rings. The third-order valence-corrected chi connectivity index (χ3v) is 6.33. The van der Waals surface area contributed by atoms with Gasteiger partial charge in [-0.3, -0.25) is 4.90 Å². The van der Waals surface area contributed by atoms with Gasteiger partial charge in [0, 0.05) is 37.7 Å². The van der Waals surface area contributed by atoms with Crippen LogP contribution in [0, 0.1) is 0 Å². The van der Waals surface area contributed by atoms with E-state index in [1.54, 1.807) is 11.0 Å². The summed E-state index contributed by atoms with van der Waals surface area (Å²) in [5.74, 6) is -0.0561. The summed E-state index contributed by atoms with van der Waals surface area (Å²) >= 11 is 11.9. The molecule has 1 heterocycles. The zero-order chi connectivity index (χ0) is 19.5. The van der Waals surface area contributed by atoms with Crippen molar-refractivity contribution < 1.29 is 17.9 Å². The van der Waals surface area contributed by atoms with Crippen molar-refractivity contribution in [3.63, 3.8) is 0 Å². The van der Waals surface area contributed by atoms with E-state index in [9.17, 15) is 13.2 Å². The summed E-state index contributed by atoms with van der Waals surface area (Å²) in [5, 5.41) is 0.503. The average Bonchev–Trinajstić information content (AvgIpc) is 2.54. The Hall–Kier alpha value is -1.02. The number of benzene rings is 1. The second kappa shape index (κ2) is 8.33. The number of nitrogens with zero attached hydrogens (tertiary/aromatic N) is 2. The van der Waals surface area contributed by atoms with Gasteiger partial charge in [0.05, 0.1) is 15.7 Å². The van der Waals surface area contributed by atoms with E-state index in [2.05, 4.69) is 0 Å². The number of hydrogen-bond donors (Lipinski definition) is 0. The summed E-state index contributed by atoms with van der Waals surface area (Å²) in [6.45, 7) is 8.05. The molecule has 9 heteroatoms. The average molecular weight is 423 g/mol. The van der Waals surface area contributed by atoms with E-state index < -0.39 is 15.4 Å². The van der Waals surface area contributed by atoms with Gasteiger partial charge in [-0.2, -0.15) is 0 Å². The number of hydrogen-bond acceptors (Lipinski definition) is 5. The smallest absolute Gasteiger partial charge is 0.410 e. The molecule has 146 valence electrons. The van der Waals surface area contributed by atoms with E-state index in [0.29, 0.717) is 37.7 Å². The molecule has 2 rings (SSSR count). The molecule has 1 aromatic carbocycles. The molecule has 0 bridgehead atoms. The Morgan fingerprint density at radius 1 is 1.15 bits per heavy atom. The zero-order valence-corrected chi connectivity index (χ0v) is 17.5. The first-order valence-electron chi connectivity index (χ1n) is 8.36. The number of halogens is 2. The highest BCUT2D eigenvalue weighted by molar-refractivity contribution is 7.91. The molecular weight excluding hydrogens is 399 g/mol. The molecule has 1 aliphatic heterocycles. The largest absolute Gasteiger partial charge is 0.444 e. The van der Waals surface area contributed by atoms with Crippen molar-refractivity contribution in [2.24, 2.45) is 0 Å². The molecule has 0 radical (unpaired) electrons. The molecular formula is C17H24Cl2N2O4S. The Bertz CT molecular complexity index is 755. The first-order chi connectivity index (χ1) is 12.0. The Kier molecular flexibility index (Phi) is 6.82. The van der Waals surface area contributed by atoms with Gasteiger partial charge < -0.3 is 9.64 Å². The SMILES string of the molecule is CC(C)(C)OC(=O)N1CCN(CCS(=O)(=O)c2cc(Cl)ccc2Cl)CC1. The standard InChI is InChI=1S/C17H24Cl2N2O4S/c1-17(2,3)25-16(22)21-8-6-20(7-9-21)10-11-26(23,24)15-12-13(18)4-5-14(15)19/h4-5,12H,6-11H2,1-3H3. The molecule has 0 spiro atoms. The van der Waals surface area contributed by atoms with Crippen LogP contribution in [0.4, 0.5) is 4.79 Å². The summed E-state index contributed by atoms with van der Waals surface area (Å²) in [6.07, 6.45) is -0.338. The Morgan fingerprint density at radius 3 is 2.35 bits per heavy atom. The monoisotopic (exact) mass is 422 g/mol. The van der Waals surface area contributed by atoms with E-state index in [0.717, 1.165) is 0 Å². The molecule has 1 amide bonds. The molecule has 1 fully saturated rings. The highest BCUT2D eigenvalue weighted by atomic mass is 35.5. The molecule has 1 saturated heterocycles. The Morgan fingerprint density at radius 2 is 1.77 bits per heavy atom. The number of ether oxygens (including phenoxy) is 1. The summed E-state index contributed by atoms with van der Waals surface area (Å²) in [4.78, 5) is 15.8. The molecule has 1 aromatic rings. The number of carbonyl (C=O) groups excluding carboxylic acids is 1. The summed E-state index contributed by atoms with van der Waals surface area (Å²) in [5.41, 5.74) is -0.529. The van der Waals surface area contributed by atoms with Crippen molar-refractivity contribution in [1.82, 2.24) is 9.80 Å². The van der Waals surface area contributed by atoms with Crippen LogP contribution < -0.4 is 0 Å². The van der Waals surface area contributed by atoms with E-state index >= 15 is 0 Å². The predicted molar refractivity (Wildman–Crippen MR) is 103 cm³/mol. The van der Waals surface area contributed by atoms with Crippen LogP contribution in [0.25, 0.3) is 0 Å². The van der Waals surface area contributed by atoms with Crippen LogP contribution in [0.3, 0.4) is 0 Å². The number of amides is 1. The molecule has 26 heavy (non-hydrogen) atoms. The lowest BCUT2D eigenvalue weighted by Gasteiger charge is -2.35. The van der Waals surface area contributed by atoms with Crippen molar-refractivity contribution in [3.05, 3.63) is 28.2 Å². The van der Waals surface area contributed by atoms with E-state index in [-0.39, 0.29) is 21.8 Å². The molecule has 0 unspecified atom stereocenters. The normalized spacial score (nSPS) is 16.6. The summed E-state index contributed by atoms with van der Waals surface area (Å²) in [6, 6.07) is 4.41. The molecule has 0 saturated carbocycles. The predicted octanol–water partition coefficient (Wildman–Crippen LogP) is 3.32. The third-order valence-electron chi connectivity index (χ3n) is 3.93. The van der Waals surface area contributed by atoms with E-state index in [4.69, 9.17) is 27.9 Å². The van der Waals surface area contributed by atoms with Crippen LogP contribution in [0.2, 0.25) is 10.0 Å². The van der Waals surface area contributed by atoms with Gasteiger partial charge in [0.1, 0.15) is 5.60 Å². The minimum absolute atomic E-state index is 0.0547. The summed E-state index contributed by atoms with van der Waals surface area (Å²) < 4.78 is 30.4. The van der Waals surface area contributed by atoms with E-state index in [1.807, 2.05) is 25.7 Å². The quantitative estimate of drug-likeness (QED) is 0.744. The molecule has 0 atom stereocenters. The van der Waals surface area contributed by atoms with Gasteiger partial charge in [-0.15, -0.1) is 0 Å². The van der Waals surface area contributed by atoms with Crippen LogP contribution in [-0.4, -0.2) is 68.4 Å². The fourth-order valence-electron chi connectivity index (χ4n) is 2.56. The second-order valence-electron chi connectivity index (χ2n) is 7.20. The fourth-order valence-corrected chi connectivity index (χ4v) is 4.65. The topological polar surface area (TPSA) is 66.9 Å². The molecule has 0 N–H and O–H groups in total. The van der Waals surface area contributed by atoms with Crippen molar-refractivity contribution >= 4 is 39.1 Å². The number of carbonyl (C=O) groups is 1. The van der Waals surface area contributed by atoms with Gasteiger partial charge in [0.2, 0.25) is 0 Å². The maximum atomic E-state index is 12.5. The highest BCUT2D eigenvalue weighted by Gasteiger charge is 2.27. The number of sulfone groups is 1. The van der Waals surface area contributed by atoms with Gasteiger partial charge >= 0.3 is 6.09 Å². The first kappa shape index (κ1) is 21.3. The lowest BCUT2D eigenvalue weighted by molar-refractivity contribution is 0.0150. The van der Waals surface area contributed by atoms with Gasteiger partial charge in [-0.1, -0.05) is 23.2 Å². The van der Waals surface area contributed by atoms with Gasteiger partial charge in [-0.05, 0) is 39.0 Å². The maximum absolute atomic E-state index is 12.5.